The second kappa shape index (κ2) is 8.25. The zero-order chi connectivity index (χ0) is 18.5. The van der Waals surface area contributed by atoms with Crippen molar-refractivity contribution in [1.82, 2.24) is 4.90 Å². The lowest BCUT2D eigenvalue weighted by molar-refractivity contribution is -0.886. The molecule has 0 aliphatic carbocycles. The molecule has 1 unspecified atom stereocenters. The molecular weight excluding hydrogens is 352 g/mol. The van der Waals surface area contributed by atoms with Crippen molar-refractivity contribution in [3.63, 3.8) is 0 Å². The molecule has 0 fully saturated rings. The Morgan fingerprint density at radius 1 is 1.12 bits per heavy atom. The fourth-order valence-corrected chi connectivity index (χ4v) is 2.85. The lowest BCUT2D eigenvalue weighted by Gasteiger charge is -2.18. The molecule has 1 aromatic carbocycles. The molecule has 0 saturated carbocycles. The number of nitrogens with zero attached hydrogens (tertiary/aromatic N) is 1. The van der Waals surface area contributed by atoms with E-state index in [2.05, 4.69) is 0 Å². The minimum atomic E-state index is 0.0542. The van der Waals surface area contributed by atoms with E-state index in [0.717, 1.165) is 27.7 Å². The van der Waals surface area contributed by atoms with Gasteiger partial charge < -0.3 is 18.6 Å². The molecule has 1 atom stereocenters. The molecule has 2 aromatic heterocycles. The fraction of sp³-hybridized carbons (Fsp3) is 0.250. The predicted molar refractivity (Wildman–Crippen MR) is 99.8 cm³/mol. The number of benzene rings is 1. The van der Waals surface area contributed by atoms with Gasteiger partial charge in [0, 0.05) is 17.6 Å². The van der Waals surface area contributed by atoms with Crippen molar-refractivity contribution in [2.75, 3.05) is 20.6 Å². The maximum absolute atomic E-state index is 12.4. The number of amides is 1. The van der Waals surface area contributed by atoms with Crippen molar-refractivity contribution in [3.05, 3.63) is 71.3 Å². The van der Waals surface area contributed by atoms with E-state index < -0.39 is 0 Å². The Kier molecular flexibility index (Phi) is 5.81. The van der Waals surface area contributed by atoms with E-state index >= 15 is 0 Å². The first kappa shape index (κ1) is 18.3. The third kappa shape index (κ3) is 4.77. The van der Waals surface area contributed by atoms with E-state index in [-0.39, 0.29) is 5.91 Å². The normalized spacial score (nSPS) is 12.1. The van der Waals surface area contributed by atoms with Gasteiger partial charge in [-0.25, -0.2) is 0 Å². The first-order chi connectivity index (χ1) is 12.5. The van der Waals surface area contributed by atoms with Crippen LogP contribution >= 0.6 is 11.6 Å². The average Bonchev–Trinajstić information content (AvgIpc) is 3.27. The van der Waals surface area contributed by atoms with Crippen LogP contribution in [0.1, 0.15) is 11.5 Å². The van der Waals surface area contributed by atoms with E-state index in [1.807, 2.05) is 55.6 Å². The monoisotopic (exact) mass is 373 g/mol. The highest BCUT2D eigenvalue weighted by atomic mass is 35.5. The van der Waals surface area contributed by atoms with Crippen molar-refractivity contribution in [2.45, 2.75) is 13.1 Å². The number of rotatable bonds is 7. The molecule has 26 heavy (non-hydrogen) atoms. The molecule has 3 rings (SSSR count). The van der Waals surface area contributed by atoms with E-state index in [1.165, 1.54) is 0 Å². The minimum absolute atomic E-state index is 0.0542. The zero-order valence-corrected chi connectivity index (χ0v) is 15.6. The summed E-state index contributed by atoms with van der Waals surface area (Å²) in [5.74, 6) is 2.43. The van der Waals surface area contributed by atoms with Crippen molar-refractivity contribution in [1.29, 1.82) is 0 Å². The molecule has 5 nitrogen and oxygen atoms in total. The van der Waals surface area contributed by atoms with Crippen molar-refractivity contribution in [2.24, 2.45) is 0 Å². The van der Waals surface area contributed by atoms with Gasteiger partial charge in [0.1, 0.15) is 18.1 Å². The maximum atomic E-state index is 12.4. The largest absolute Gasteiger partial charge is 0.463 e. The van der Waals surface area contributed by atoms with E-state index in [4.69, 9.17) is 20.4 Å². The summed E-state index contributed by atoms with van der Waals surface area (Å²) in [7, 11) is 3.76. The Morgan fingerprint density at radius 3 is 2.58 bits per heavy atom. The summed E-state index contributed by atoms with van der Waals surface area (Å²) in [6.07, 6.45) is 1.64. The second-order valence-corrected chi connectivity index (χ2v) is 6.85. The minimum Gasteiger partial charge on any atom is -0.463 e. The summed E-state index contributed by atoms with van der Waals surface area (Å²) in [6.45, 7) is 1.50. The summed E-state index contributed by atoms with van der Waals surface area (Å²) < 4.78 is 11.2. The van der Waals surface area contributed by atoms with Gasteiger partial charge in [-0.15, -0.1) is 0 Å². The molecular formula is C20H22ClN2O3+. The summed E-state index contributed by atoms with van der Waals surface area (Å²) in [6, 6.07) is 15.0. The first-order valence-electron chi connectivity index (χ1n) is 8.43. The van der Waals surface area contributed by atoms with Crippen LogP contribution in [0.15, 0.2) is 63.6 Å². The van der Waals surface area contributed by atoms with Gasteiger partial charge in [-0.3, -0.25) is 4.79 Å². The topological polar surface area (TPSA) is 51.0 Å². The molecule has 136 valence electrons. The van der Waals surface area contributed by atoms with Crippen molar-refractivity contribution < 1.29 is 18.5 Å². The maximum Gasteiger partial charge on any atom is 0.277 e. The van der Waals surface area contributed by atoms with Crippen LogP contribution in [0.25, 0.3) is 11.3 Å². The standard InChI is InChI=1S/C20H21ClN2O3/c1-22(12-17-4-3-11-25-17)14-20(24)23(2)13-18-9-10-19(26-18)15-5-7-16(21)8-6-15/h3-11H,12-14H2,1-2H3/p+1. The molecule has 0 aliphatic rings. The molecule has 0 bridgehead atoms. The van der Waals surface area contributed by atoms with Gasteiger partial charge in [-0.05, 0) is 48.5 Å². The molecule has 0 radical (unpaired) electrons. The van der Waals surface area contributed by atoms with Gasteiger partial charge in [0.15, 0.2) is 12.3 Å². The van der Waals surface area contributed by atoms with Crippen LogP contribution in [0.4, 0.5) is 0 Å². The van der Waals surface area contributed by atoms with E-state index in [0.29, 0.717) is 24.7 Å². The predicted octanol–water partition coefficient (Wildman–Crippen LogP) is 2.87. The number of halogens is 1. The average molecular weight is 374 g/mol. The summed E-state index contributed by atoms with van der Waals surface area (Å²) in [4.78, 5) is 15.2. The summed E-state index contributed by atoms with van der Waals surface area (Å²) in [5, 5.41) is 0.687. The molecule has 2 heterocycles. The van der Waals surface area contributed by atoms with Gasteiger partial charge in [-0.2, -0.15) is 0 Å². The van der Waals surface area contributed by atoms with Gasteiger partial charge in [-0.1, -0.05) is 11.6 Å². The highest BCUT2D eigenvalue weighted by molar-refractivity contribution is 6.30. The second-order valence-electron chi connectivity index (χ2n) is 6.41. The number of hydrogen-bond acceptors (Lipinski definition) is 3. The molecule has 0 saturated heterocycles. The molecule has 3 aromatic rings. The Morgan fingerprint density at radius 2 is 1.88 bits per heavy atom. The number of carbonyl (C=O) groups is 1. The molecule has 1 N–H and O–H groups in total. The third-order valence-corrected chi connectivity index (χ3v) is 4.37. The Bertz CT molecular complexity index is 840. The smallest absolute Gasteiger partial charge is 0.277 e. The number of quaternary nitrogens is 1. The third-order valence-electron chi connectivity index (χ3n) is 4.12. The highest BCUT2D eigenvalue weighted by Crippen LogP contribution is 2.24. The Hall–Kier alpha value is -2.50. The number of carbonyl (C=O) groups excluding carboxylic acids is 1. The van der Waals surface area contributed by atoms with Crippen LogP contribution in [0.2, 0.25) is 5.02 Å². The Balaban J connectivity index is 1.54. The molecule has 0 aliphatic heterocycles. The van der Waals surface area contributed by atoms with Gasteiger partial charge in [0.25, 0.3) is 5.91 Å². The number of likely N-dealkylation sites (N-methyl/N-ethyl adjacent to an activating group) is 2. The van der Waals surface area contributed by atoms with E-state index in [9.17, 15) is 4.79 Å². The van der Waals surface area contributed by atoms with Crippen LogP contribution in [0, 0.1) is 0 Å². The lowest BCUT2D eigenvalue weighted by Crippen LogP contribution is -3.08. The summed E-state index contributed by atoms with van der Waals surface area (Å²) >= 11 is 5.91. The first-order valence-corrected chi connectivity index (χ1v) is 8.81. The number of nitrogens with one attached hydrogen (secondary N) is 1. The fourth-order valence-electron chi connectivity index (χ4n) is 2.72. The van der Waals surface area contributed by atoms with Crippen LogP contribution in [0.3, 0.4) is 0 Å². The van der Waals surface area contributed by atoms with Gasteiger partial charge in [0.05, 0.1) is 19.9 Å². The quantitative estimate of drug-likeness (QED) is 0.692. The SMILES string of the molecule is CN(Cc1ccc(-c2ccc(Cl)cc2)o1)C(=O)C[NH+](C)Cc1ccco1. The van der Waals surface area contributed by atoms with Crippen LogP contribution < -0.4 is 4.90 Å². The molecule has 1 amide bonds. The number of hydrogen-bond donors (Lipinski definition) is 1. The van der Waals surface area contributed by atoms with Crippen LogP contribution in [-0.4, -0.2) is 31.4 Å². The van der Waals surface area contributed by atoms with Crippen LogP contribution in [-0.2, 0) is 17.9 Å². The van der Waals surface area contributed by atoms with Crippen molar-refractivity contribution >= 4 is 17.5 Å². The molecule has 6 heteroatoms. The van der Waals surface area contributed by atoms with Crippen molar-refractivity contribution in [3.8, 4) is 11.3 Å². The van der Waals surface area contributed by atoms with E-state index in [1.54, 1.807) is 18.2 Å². The zero-order valence-electron chi connectivity index (χ0n) is 14.9. The number of furan rings is 2. The Labute approximate surface area is 157 Å². The van der Waals surface area contributed by atoms with Crippen LogP contribution in [0.5, 0.6) is 0 Å². The highest BCUT2D eigenvalue weighted by Gasteiger charge is 2.17. The summed E-state index contributed by atoms with van der Waals surface area (Å²) in [5.41, 5.74) is 0.956. The van der Waals surface area contributed by atoms with Gasteiger partial charge >= 0.3 is 0 Å². The lowest BCUT2D eigenvalue weighted by atomic mass is 10.2. The van der Waals surface area contributed by atoms with Gasteiger partial charge in [0.2, 0.25) is 0 Å². The molecule has 0 spiro atoms.